The van der Waals surface area contributed by atoms with Gasteiger partial charge in [-0.1, -0.05) is 6.92 Å². The fourth-order valence-electron chi connectivity index (χ4n) is 6.08. The number of rotatable bonds is 6. The molecule has 228 valence electrons. The summed E-state index contributed by atoms with van der Waals surface area (Å²) in [7, 11) is 0. The van der Waals surface area contributed by atoms with Crippen molar-refractivity contribution < 1.29 is 37.7 Å². The van der Waals surface area contributed by atoms with Crippen LogP contribution < -0.4 is 11.2 Å². The Morgan fingerprint density at radius 1 is 1.09 bits per heavy atom. The lowest BCUT2D eigenvalue weighted by Crippen LogP contribution is -2.49. The van der Waals surface area contributed by atoms with Gasteiger partial charge in [0.05, 0.1) is 29.1 Å². The number of hydrogen-bond acceptors (Lipinski definition) is 7. The number of hydrogen-bond donors (Lipinski definition) is 4. The van der Waals surface area contributed by atoms with Crippen molar-refractivity contribution in [2.45, 2.75) is 56.6 Å². The average Bonchev–Trinajstić information content (AvgIpc) is 2.98. The van der Waals surface area contributed by atoms with E-state index in [1.54, 1.807) is 12.3 Å². The van der Waals surface area contributed by atoms with Gasteiger partial charge in [0.15, 0.2) is 0 Å². The van der Waals surface area contributed by atoms with E-state index in [1.165, 1.54) is 6.20 Å². The molecule has 1 unspecified atom stereocenters. The average molecular weight is 600 g/mol. The van der Waals surface area contributed by atoms with Crippen molar-refractivity contribution in [3.05, 3.63) is 77.0 Å². The number of nitrogens with zero attached hydrogens (tertiary/aromatic N) is 3. The number of aromatic nitrogens is 2. The second kappa shape index (κ2) is 12.3. The summed E-state index contributed by atoms with van der Waals surface area (Å²) in [6.45, 7) is 2.37. The molecule has 0 bridgehead atoms. The topological polar surface area (TPSA) is 151 Å². The lowest BCUT2D eigenvalue weighted by Gasteiger charge is -2.38. The molecule has 3 heterocycles. The zero-order chi connectivity index (χ0) is 30.9. The second-order valence-electron chi connectivity index (χ2n) is 11.1. The fraction of sp³-hybridized carbons (Fsp3) is 0.400. The first kappa shape index (κ1) is 30.4. The quantitative estimate of drug-likeness (QED) is 0.177. The SMILES string of the molecule is C[C@H]1C[C@H](c2ccncc2NC(=O)c2ccc(F)c(-c3c(F)cc(C4(O)CCOCC4)cc3F)n2)CCC1N(N)C(=O)O. The van der Waals surface area contributed by atoms with E-state index in [1.807, 2.05) is 6.92 Å². The number of nitrogens with one attached hydrogen (secondary N) is 1. The molecule has 10 nitrogen and oxygen atoms in total. The Morgan fingerprint density at radius 2 is 1.79 bits per heavy atom. The summed E-state index contributed by atoms with van der Waals surface area (Å²) in [6.07, 6.45) is 3.87. The van der Waals surface area contributed by atoms with E-state index in [0.29, 0.717) is 24.9 Å². The van der Waals surface area contributed by atoms with E-state index in [9.17, 15) is 24.2 Å². The Labute approximate surface area is 245 Å². The van der Waals surface area contributed by atoms with Gasteiger partial charge in [-0.2, -0.15) is 0 Å². The number of amides is 2. The van der Waals surface area contributed by atoms with Crippen molar-refractivity contribution in [3.8, 4) is 11.3 Å². The minimum absolute atomic E-state index is 0.0124. The molecule has 0 spiro atoms. The molecular weight excluding hydrogens is 567 g/mol. The van der Waals surface area contributed by atoms with Gasteiger partial charge in [0.25, 0.3) is 5.91 Å². The molecule has 1 aliphatic heterocycles. The maximum atomic E-state index is 15.3. The number of carboxylic acid groups (broad SMARTS) is 1. The number of carbonyl (C=O) groups excluding carboxylic acids is 1. The van der Waals surface area contributed by atoms with Crippen LogP contribution in [0.3, 0.4) is 0 Å². The number of hydrazine groups is 1. The molecule has 13 heteroatoms. The molecule has 5 rings (SSSR count). The van der Waals surface area contributed by atoms with Crippen molar-refractivity contribution in [1.82, 2.24) is 15.0 Å². The molecule has 3 atom stereocenters. The summed E-state index contributed by atoms with van der Waals surface area (Å²) in [4.78, 5) is 32.7. The van der Waals surface area contributed by atoms with Gasteiger partial charge in [-0.3, -0.25) is 9.78 Å². The van der Waals surface area contributed by atoms with Crippen molar-refractivity contribution in [2.24, 2.45) is 11.8 Å². The van der Waals surface area contributed by atoms with Crippen LogP contribution >= 0.6 is 0 Å². The van der Waals surface area contributed by atoms with Gasteiger partial charge in [0, 0.05) is 32.3 Å². The third kappa shape index (κ3) is 6.19. The first-order valence-electron chi connectivity index (χ1n) is 14.0. The molecular formula is C30H32F3N5O5. The van der Waals surface area contributed by atoms with E-state index in [-0.39, 0.29) is 55.2 Å². The highest BCUT2D eigenvalue weighted by molar-refractivity contribution is 6.03. The molecule has 1 saturated heterocycles. The number of pyridine rings is 2. The lowest BCUT2D eigenvalue weighted by molar-refractivity contribution is -0.0682. The summed E-state index contributed by atoms with van der Waals surface area (Å²) in [5.74, 6) is 1.61. The van der Waals surface area contributed by atoms with E-state index >= 15 is 8.78 Å². The zero-order valence-corrected chi connectivity index (χ0v) is 23.4. The maximum absolute atomic E-state index is 15.3. The normalized spacial score (nSPS) is 21.7. The van der Waals surface area contributed by atoms with Gasteiger partial charge in [-0.15, -0.1) is 0 Å². The molecule has 1 aromatic carbocycles. The monoisotopic (exact) mass is 599 g/mol. The van der Waals surface area contributed by atoms with Crippen LogP contribution in [-0.4, -0.2) is 56.4 Å². The highest BCUT2D eigenvalue weighted by Crippen LogP contribution is 2.40. The number of anilines is 1. The van der Waals surface area contributed by atoms with E-state index in [2.05, 4.69) is 15.3 Å². The van der Waals surface area contributed by atoms with Crippen LogP contribution in [0.1, 0.15) is 66.6 Å². The van der Waals surface area contributed by atoms with Gasteiger partial charge >= 0.3 is 6.09 Å². The first-order valence-corrected chi connectivity index (χ1v) is 14.0. The fourth-order valence-corrected chi connectivity index (χ4v) is 6.08. The van der Waals surface area contributed by atoms with Gasteiger partial charge in [0.1, 0.15) is 28.8 Å². The standard InChI is InChI=1S/C30H32F3N5O5/c1-16-12-17(2-5-25(16)38(34)29(40)41)19-6-9-35-15-24(19)37-28(39)23-4-3-20(31)27(36-23)26-21(32)13-18(14-22(26)33)30(42)7-10-43-11-8-30/h3-4,6,9,13-17,25,42H,2,5,7-8,10-12,34H2,1H3,(H,37,39)(H,40,41)/t16-,17+,25?/m0/s1. The predicted molar refractivity (Wildman–Crippen MR) is 149 cm³/mol. The van der Waals surface area contributed by atoms with Crippen LogP contribution in [0.25, 0.3) is 11.3 Å². The molecule has 3 aromatic rings. The molecule has 2 aliphatic rings. The van der Waals surface area contributed by atoms with Crippen molar-refractivity contribution in [3.63, 3.8) is 0 Å². The van der Waals surface area contributed by atoms with Crippen LogP contribution in [0.15, 0.2) is 42.7 Å². The van der Waals surface area contributed by atoms with Crippen LogP contribution in [-0.2, 0) is 10.3 Å². The number of ether oxygens (including phenoxy) is 1. The number of aliphatic hydroxyl groups is 1. The van der Waals surface area contributed by atoms with E-state index in [4.69, 9.17) is 10.6 Å². The summed E-state index contributed by atoms with van der Waals surface area (Å²) in [5.41, 5.74) is -2.04. The van der Waals surface area contributed by atoms with Gasteiger partial charge in [0.2, 0.25) is 0 Å². The molecule has 2 aromatic heterocycles. The third-order valence-electron chi connectivity index (χ3n) is 8.46. The maximum Gasteiger partial charge on any atom is 0.421 e. The van der Waals surface area contributed by atoms with Crippen LogP contribution in [0, 0.1) is 23.4 Å². The van der Waals surface area contributed by atoms with Gasteiger partial charge in [-0.05, 0) is 72.6 Å². The Morgan fingerprint density at radius 3 is 2.44 bits per heavy atom. The van der Waals surface area contributed by atoms with Crippen LogP contribution in [0.4, 0.5) is 23.7 Å². The highest BCUT2D eigenvalue weighted by Gasteiger charge is 2.35. The first-order chi connectivity index (χ1) is 20.5. The smallest absolute Gasteiger partial charge is 0.421 e. The van der Waals surface area contributed by atoms with Crippen LogP contribution in [0.2, 0.25) is 0 Å². The Kier molecular flexibility index (Phi) is 8.67. The summed E-state index contributed by atoms with van der Waals surface area (Å²) >= 11 is 0. The summed E-state index contributed by atoms with van der Waals surface area (Å²) in [6, 6.07) is 5.33. The summed E-state index contributed by atoms with van der Waals surface area (Å²) in [5, 5.41) is 23.7. The number of halogens is 3. The Bertz CT molecular complexity index is 1510. The van der Waals surface area contributed by atoms with Crippen molar-refractivity contribution in [2.75, 3.05) is 18.5 Å². The number of nitrogens with two attached hydrogens (primary N) is 1. The molecule has 2 fully saturated rings. The molecule has 43 heavy (non-hydrogen) atoms. The number of carbonyl (C=O) groups is 2. The lowest BCUT2D eigenvalue weighted by atomic mass is 9.75. The minimum atomic E-state index is -1.48. The predicted octanol–water partition coefficient (Wildman–Crippen LogP) is 4.94. The van der Waals surface area contributed by atoms with Gasteiger partial charge < -0.3 is 20.3 Å². The molecule has 1 saturated carbocycles. The highest BCUT2D eigenvalue weighted by atomic mass is 19.1. The minimum Gasteiger partial charge on any atom is -0.464 e. The van der Waals surface area contributed by atoms with Crippen molar-refractivity contribution in [1.29, 1.82) is 0 Å². The number of benzene rings is 1. The van der Waals surface area contributed by atoms with E-state index in [0.717, 1.165) is 34.8 Å². The molecule has 5 N–H and O–H groups in total. The van der Waals surface area contributed by atoms with Gasteiger partial charge in [-0.25, -0.2) is 33.8 Å². The third-order valence-corrected chi connectivity index (χ3v) is 8.46. The molecule has 2 amide bonds. The Hall–Kier alpha value is -4.07. The Balaban J connectivity index is 1.38. The second-order valence-corrected chi connectivity index (χ2v) is 11.1. The zero-order valence-electron chi connectivity index (χ0n) is 23.4. The van der Waals surface area contributed by atoms with E-state index < -0.39 is 46.3 Å². The molecule has 1 aliphatic carbocycles. The van der Waals surface area contributed by atoms with Crippen LogP contribution in [0.5, 0.6) is 0 Å². The largest absolute Gasteiger partial charge is 0.464 e. The molecule has 0 radical (unpaired) electrons. The summed E-state index contributed by atoms with van der Waals surface area (Å²) < 4.78 is 50.6. The van der Waals surface area contributed by atoms with Crippen molar-refractivity contribution >= 4 is 17.7 Å².